The van der Waals surface area contributed by atoms with Crippen molar-refractivity contribution in [1.29, 1.82) is 0 Å². The summed E-state index contributed by atoms with van der Waals surface area (Å²) in [6, 6.07) is 0.654. The molecule has 1 fully saturated rings. The predicted octanol–water partition coefficient (Wildman–Crippen LogP) is 2.82. The minimum atomic E-state index is -0.578. The fourth-order valence-corrected chi connectivity index (χ4v) is 3.29. The lowest BCUT2D eigenvalue weighted by Crippen LogP contribution is -2.52. The van der Waals surface area contributed by atoms with E-state index in [2.05, 4.69) is 31.1 Å². The number of nitrogens with one attached hydrogen (secondary N) is 1. The van der Waals surface area contributed by atoms with Gasteiger partial charge in [0.2, 0.25) is 0 Å². The monoisotopic (exact) mass is 298 g/mol. The molecule has 4 nitrogen and oxygen atoms in total. The lowest BCUT2D eigenvalue weighted by Gasteiger charge is -2.39. The number of rotatable bonds is 7. The number of hydrogen-bond acceptors (Lipinski definition) is 4. The summed E-state index contributed by atoms with van der Waals surface area (Å²) in [5.41, 5.74) is -0.0761. The van der Waals surface area contributed by atoms with Crippen LogP contribution < -0.4 is 5.32 Å². The molecule has 0 heterocycles. The maximum atomic E-state index is 12.0. The molecule has 0 aromatic rings. The van der Waals surface area contributed by atoms with Gasteiger partial charge in [0.1, 0.15) is 5.54 Å². The Balaban J connectivity index is 2.50. The van der Waals surface area contributed by atoms with E-state index in [1.807, 2.05) is 13.8 Å². The molecule has 1 rings (SSSR count). The van der Waals surface area contributed by atoms with E-state index in [-0.39, 0.29) is 5.97 Å². The summed E-state index contributed by atoms with van der Waals surface area (Å²) in [5.74, 6) is -0.164. The maximum Gasteiger partial charge on any atom is 0.325 e. The predicted molar refractivity (Wildman–Crippen MR) is 87.4 cm³/mol. The van der Waals surface area contributed by atoms with Crippen molar-refractivity contribution >= 4 is 5.97 Å². The third-order valence-corrected chi connectivity index (χ3v) is 5.10. The van der Waals surface area contributed by atoms with Crippen molar-refractivity contribution in [3.8, 4) is 0 Å². The SMILES string of the molecule is CCNC(C)(CCN(C)C1CCC(C)(C)CC1)C(=O)OC. The first-order chi connectivity index (χ1) is 9.74. The number of carbonyl (C=O) groups is 1. The topological polar surface area (TPSA) is 41.6 Å². The van der Waals surface area contributed by atoms with Crippen molar-refractivity contribution in [1.82, 2.24) is 10.2 Å². The summed E-state index contributed by atoms with van der Waals surface area (Å²) in [4.78, 5) is 14.4. The van der Waals surface area contributed by atoms with Gasteiger partial charge in [0.25, 0.3) is 0 Å². The third kappa shape index (κ3) is 5.26. The van der Waals surface area contributed by atoms with E-state index in [4.69, 9.17) is 4.74 Å². The fourth-order valence-electron chi connectivity index (χ4n) is 3.29. The maximum absolute atomic E-state index is 12.0. The van der Waals surface area contributed by atoms with Gasteiger partial charge in [-0.25, -0.2) is 0 Å². The second-order valence-corrected chi connectivity index (χ2v) is 7.48. The second kappa shape index (κ2) is 7.59. The largest absolute Gasteiger partial charge is 0.468 e. The molecule has 1 aliphatic rings. The third-order valence-electron chi connectivity index (χ3n) is 5.10. The van der Waals surface area contributed by atoms with E-state index in [0.717, 1.165) is 19.5 Å². The van der Waals surface area contributed by atoms with Crippen LogP contribution in [0.5, 0.6) is 0 Å². The van der Waals surface area contributed by atoms with Gasteiger partial charge in [0.15, 0.2) is 0 Å². The van der Waals surface area contributed by atoms with E-state index >= 15 is 0 Å². The highest BCUT2D eigenvalue weighted by atomic mass is 16.5. The Morgan fingerprint density at radius 1 is 1.38 bits per heavy atom. The van der Waals surface area contributed by atoms with Gasteiger partial charge in [-0.15, -0.1) is 0 Å². The Kier molecular flexibility index (Phi) is 6.67. The molecule has 0 aromatic carbocycles. The number of methoxy groups -OCH3 is 1. The molecule has 0 aromatic heterocycles. The smallest absolute Gasteiger partial charge is 0.325 e. The van der Waals surface area contributed by atoms with Crippen molar-refractivity contribution in [2.75, 3.05) is 27.2 Å². The molecule has 1 saturated carbocycles. The van der Waals surface area contributed by atoms with E-state index in [9.17, 15) is 4.79 Å². The summed E-state index contributed by atoms with van der Waals surface area (Å²) in [6.45, 7) is 10.4. The summed E-state index contributed by atoms with van der Waals surface area (Å²) < 4.78 is 4.95. The van der Waals surface area contributed by atoms with Crippen LogP contribution in [0.3, 0.4) is 0 Å². The minimum Gasteiger partial charge on any atom is -0.468 e. The van der Waals surface area contributed by atoms with Gasteiger partial charge in [-0.1, -0.05) is 20.8 Å². The Hall–Kier alpha value is -0.610. The van der Waals surface area contributed by atoms with E-state index in [1.54, 1.807) is 0 Å². The molecular formula is C17H34N2O2. The van der Waals surface area contributed by atoms with E-state index in [1.165, 1.54) is 32.8 Å². The van der Waals surface area contributed by atoms with Gasteiger partial charge < -0.3 is 15.0 Å². The van der Waals surface area contributed by atoms with Crippen molar-refractivity contribution in [3.63, 3.8) is 0 Å². The number of ether oxygens (including phenoxy) is 1. The summed E-state index contributed by atoms with van der Waals surface area (Å²) in [5, 5.41) is 3.28. The fraction of sp³-hybridized carbons (Fsp3) is 0.941. The number of likely N-dealkylation sites (N-methyl/N-ethyl adjacent to an activating group) is 1. The number of nitrogens with zero attached hydrogens (tertiary/aromatic N) is 1. The molecule has 0 aliphatic heterocycles. The normalized spacial score (nSPS) is 22.0. The summed E-state index contributed by atoms with van der Waals surface area (Å²) in [7, 11) is 3.65. The van der Waals surface area contributed by atoms with Crippen LogP contribution >= 0.6 is 0 Å². The highest BCUT2D eigenvalue weighted by Gasteiger charge is 2.35. The molecule has 124 valence electrons. The molecule has 1 atom stereocenters. The zero-order valence-corrected chi connectivity index (χ0v) is 14.8. The molecule has 1 aliphatic carbocycles. The molecule has 0 radical (unpaired) electrons. The molecule has 0 amide bonds. The second-order valence-electron chi connectivity index (χ2n) is 7.48. The van der Waals surface area contributed by atoms with Crippen LogP contribution in [0.15, 0.2) is 0 Å². The highest BCUT2D eigenvalue weighted by molar-refractivity contribution is 5.80. The van der Waals surface area contributed by atoms with Crippen LogP contribution in [-0.4, -0.2) is 49.7 Å². The molecule has 4 heteroatoms. The quantitative estimate of drug-likeness (QED) is 0.734. The highest BCUT2D eigenvalue weighted by Crippen LogP contribution is 2.36. The lowest BCUT2D eigenvalue weighted by molar-refractivity contribution is -0.148. The van der Waals surface area contributed by atoms with E-state index < -0.39 is 5.54 Å². The lowest BCUT2D eigenvalue weighted by atomic mass is 9.75. The number of carbonyl (C=O) groups excluding carboxylic acids is 1. The van der Waals surface area contributed by atoms with Gasteiger partial charge in [-0.05, 0) is 58.0 Å². The first-order valence-electron chi connectivity index (χ1n) is 8.28. The van der Waals surface area contributed by atoms with Gasteiger partial charge in [0, 0.05) is 12.6 Å². The Morgan fingerprint density at radius 2 is 1.95 bits per heavy atom. The zero-order valence-electron chi connectivity index (χ0n) is 14.8. The molecule has 0 spiro atoms. The molecule has 0 bridgehead atoms. The van der Waals surface area contributed by atoms with Crippen LogP contribution in [0.25, 0.3) is 0 Å². The van der Waals surface area contributed by atoms with Gasteiger partial charge in [-0.2, -0.15) is 0 Å². The molecule has 1 N–H and O–H groups in total. The number of hydrogen-bond donors (Lipinski definition) is 1. The number of esters is 1. The minimum absolute atomic E-state index is 0.164. The average molecular weight is 298 g/mol. The van der Waals surface area contributed by atoms with E-state index in [0.29, 0.717) is 11.5 Å². The summed E-state index contributed by atoms with van der Waals surface area (Å²) in [6.07, 6.45) is 5.90. The van der Waals surface area contributed by atoms with Crippen molar-refractivity contribution in [2.24, 2.45) is 5.41 Å². The Labute approximate surface area is 130 Å². The van der Waals surface area contributed by atoms with Gasteiger partial charge in [-0.3, -0.25) is 4.79 Å². The van der Waals surface area contributed by atoms with Crippen LogP contribution in [0.4, 0.5) is 0 Å². The Bertz CT molecular complexity index is 334. The van der Waals surface area contributed by atoms with Crippen molar-refractivity contribution in [3.05, 3.63) is 0 Å². The molecule has 1 unspecified atom stereocenters. The van der Waals surface area contributed by atoms with Crippen LogP contribution in [0.2, 0.25) is 0 Å². The first-order valence-corrected chi connectivity index (χ1v) is 8.28. The first kappa shape index (κ1) is 18.4. The average Bonchev–Trinajstić information content (AvgIpc) is 2.44. The Morgan fingerprint density at radius 3 is 2.43 bits per heavy atom. The molecular weight excluding hydrogens is 264 g/mol. The molecule has 21 heavy (non-hydrogen) atoms. The van der Waals surface area contributed by atoms with Crippen molar-refractivity contribution < 1.29 is 9.53 Å². The zero-order chi connectivity index (χ0) is 16.1. The standard InChI is InChI=1S/C17H34N2O2/c1-7-18-17(4,15(20)21-6)12-13-19(5)14-8-10-16(2,3)11-9-14/h14,18H,7-13H2,1-6H3. The van der Waals surface area contributed by atoms with Crippen LogP contribution in [0, 0.1) is 5.41 Å². The van der Waals surface area contributed by atoms with Crippen LogP contribution in [-0.2, 0) is 9.53 Å². The van der Waals surface area contributed by atoms with Crippen LogP contribution in [0.1, 0.15) is 59.8 Å². The van der Waals surface area contributed by atoms with Gasteiger partial charge >= 0.3 is 5.97 Å². The molecule has 0 saturated heterocycles. The van der Waals surface area contributed by atoms with Crippen molar-refractivity contribution in [2.45, 2.75) is 71.4 Å². The summed E-state index contributed by atoms with van der Waals surface area (Å²) >= 11 is 0. The van der Waals surface area contributed by atoms with Gasteiger partial charge in [0.05, 0.1) is 7.11 Å².